The minimum Gasteiger partial charge on any atom is -0.382 e. The number of hydrogen-bond donors (Lipinski definition) is 1. The first kappa shape index (κ1) is 16.2. The maximum Gasteiger partial charge on any atom is 0.0367 e. The molecule has 0 unspecified atom stereocenters. The second kappa shape index (κ2) is 8.28. The molecule has 1 aromatic carbocycles. The van der Waals surface area contributed by atoms with Gasteiger partial charge in [-0.15, -0.1) is 0 Å². The minimum atomic E-state index is 0.636. The van der Waals surface area contributed by atoms with Crippen molar-refractivity contribution in [2.45, 2.75) is 46.1 Å². The molecular formula is C18H31N3. The molecule has 1 saturated heterocycles. The predicted molar refractivity (Wildman–Crippen MR) is 93.4 cm³/mol. The Morgan fingerprint density at radius 3 is 2.19 bits per heavy atom. The van der Waals surface area contributed by atoms with Gasteiger partial charge in [-0.3, -0.25) is 0 Å². The molecule has 1 aromatic rings. The molecule has 3 nitrogen and oxygen atoms in total. The normalized spacial score (nSPS) is 16.9. The molecule has 0 aliphatic carbocycles. The van der Waals surface area contributed by atoms with E-state index < -0.39 is 0 Å². The highest BCUT2D eigenvalue weighted by Crippen LogP contribution is 2.20. The number of benzene rings is 1. The molecule has 0 bridgehead atoms. The molecule has 21 heavy (non-hydrogen) atoms. The van der Waals surface area contributed by atoms with Gasteiger partial charge >= 0.3 is 0 Å². The Bertz CT molecular complexity index is 389. The van der Waals surface area contributed by atoms with Crippen molar-refractivity contribution in [1.82, 2.24) is 4.90 Å². The fraction of sp³-hybridized carbons (Fsp3) is 0.667. The molecule has 1 N–H and O–H groups in total. The van der Waals surface area contributed by atoms with Gasteiger partial charge in [-0.25, -0.2) is 0 Å². The van der Waals surface area contributed by atoms with E-state index in [4.69, 9.17) is 0 Å². The van der Waals surface area contributed by atoms with Crippen molar-refractivity contribution in [2.24, 2.45) is 0 Å². The van der Waals surface area contributed by atoms with E-state index in [-0.39, 0.29) is 0 Å². The second-order valence-corrected chi connectivity index (χ2v) is 5.98. The summed E-state index contributed by atoms with van der Waals surface area (Å²) in [6.07, 6.45) is 3.79. The van der Waals surface area contributed by atoms with E-state index in [1.165, 1.54) is 50.3 Å². The van der Waals surface area contributed by atoms with Gasteiger partial charge in [0.05, 0.1) is 0 Å². The Labute approximate surface area is 130 Å². The van der Waals surface area contributed by atoms with Crippen molar-refractivity contribution >= 4 is 11.4 Å². The van der Waals surface area contributed by atoms with E-state index in [0.717, 1.165) is 13.1 Å². The van der Waals surface area contributed by atoms with Gasteiger partial charge in [-0.2, -0.15) is 0 Å². The van der Waals surface area contributed by atoms with Crippen LogP contribution in [0.2, 0.25) is 0 Å². The van der Waals surface area contributed by atoms with Crippen molar-refractivity contribution in [3.63, 3.8) is 0 Å². The van der Waals surface area contributed by atoms with Gasteiger partial charge in [0.15, 0.2) is 0 Å². The lowest BCUT2D eigenvalue weighted by molar-refractivity contribution is 0.219. The lowest BCUT2D eigenvalue weighted by Gasteiger charge is -2.32. The molecule has 3 heteroatoms. The van der Waals surface area contributed by atoms with E-state index in [2.05, 4.69) is 60.2 Å². The summed E-state index contributed by atoms with van der Waals surface area (Å²) in [5.74, 6) is 0. The van der Waals surface area contributed by atoms with Crippen molar-refractivity contribution in [3.05, 3.63) is 24.3 Å². The van der Waals surface area contributed by atoms with Crippen LogP contribution in [0.3, 0.4) is 0 Å². The summed E-state index contributed by atoms with van der Waals surface area (Å²) < 4.78 is 0. The molecule has 1 heterocycles. The largest absolute Gasteiger partial charge is 0.382 e. The zero-order chi connectivity index (χ0) is 15.1. The zero-order valence-electron chi connectivity index (χ0n) is 13.9. The number of nitrogens with zero attached hydrogens (tertiary/aromatic N) is 2. The van der Waals surface area contributed by atoms with Crippen LogP contribution in [0.1, 0.15) is 40.0 Å². The monoisotopic (exact) mass is 289 g/mol. The molecule has 0 amide bonds. The summed E-state index contributed by atoms with van der Waals surface area (Å²) in [6.45, 7) is 12.6. The molecule has 1 fully saturated rings. The Hall–Kier alpha value is -1.22. The first-order valence-electron chi connectivity index (χ1n) is 8.60. The highest BCUT2D eigenvalue weighted by atomic mass is 15.1. The van der Waals surface area contributed by atoms with Crippen LogP contribution in [0.25, 0.3) is 0 Å². The maximum atomic E-state index is 3.70. The highest BCUT2D eigenvalue weighted by molar-refractivity contribution is 5.55. The third-order valence-corrected chi connectivity index (χ3v) is 4.49. The highest BCUT2D eigenvalue weighted by Gasteiger charge is 2.18. The fourth-order valence-electron chi connectivity index (χ4n) is 3.21. The van der Waals surface area contributed by atoms with E-state index >= 15 is 0 Å². The van der Waals surface area contributed by atoms with Gasteiger partial charge in [-0.1, -0.05) is 6.92 Å². The summed E-state index contributed by atoms with van der Waals surface area (Å²) >= 11 is 0. The predicted octanol–water partition coefficient (Wildman–Crippen LogP) is 3.82. The van der Waals surface area contributed by atoms with Crippen molar-refractivity contribution < 1.29 is 0 Å². The topological polar surface area (TPSA) is 18.5 Å². The first-order chi connectivity index (χ1) is 10.3. The maximum absolute atomic E-state index is 3.70. The molecule has 0 saturated carbocycles. The van der Waals surface area contributed by atoms with Crippen LogP contribution in [-0.2, 0) is 0 Å². The molecule has 0 radical (unpaired) electrons. The van der Waals surface area contributed by atoms with Crippen molar-refractivity contribution in [3.8, 4) is 0 Å². The van der Waals surface area contributed by atoms with E-state index in [1.807, 2.05) is 0 Å². The number of likely N-dealkylation sites (tertiary alicyclic amines) is 1. The summed E-state index contributed by atoms with van der Waals surface area (Å²) in [5.41, 5.74) is 2.59. The Morgan fingerprint density at radius 2 is 1.67 bits per heavy atom. The SMILES string of the molecule is CCCN1CCC(Nc2ccc(N(CC)CC)cc2)CC1. The quantitative estimate of drug-likeness (QED) is 0.823. The third kappa shape index (κ3) is 4.63. The number of nitrogens with one attached hydrogen (secondary N) is 1. The van der Waals surface area contributed by atoms with Crippen LogP contribution >= 0.6 is 0 Å². The van der Waals surface area contributed by atoms with Crippen LogP contribution in [0.4, 0.5) is 11.4 Å². The summed E-state index contributed by atoms with van der Waals surface area (Å²) in [6, 6.07) is 9.57. The van der Waals surface area contributed by atoms with Crippen molar-refractivity contribution in [1.29, 1.82) is 0 Å². The molecule has 1 aliphatic heterocycles. The first-order valence-corrected chi connectivity index (χ1v) is 8.60. The van der Waals surface area contributed by atoms with Gasteiger partial charge < -0.3 is 15.1 Å². The molecule has 118 valence electrons. The summed E-state index contributed by atoms with van der Waals surface area (Å²) in [7, 11) is 0. The van der Waals surface area contributed by atoms with Crippen LogP contribution in [0, 0.1) is 0 Å². The average Bonchev–Trinajstić information content (AvgIpc) is 2.52. The lowest BCUT2D eigenvalue weighted by atomic mass is 10.0. The number of piperidine rings is 1. The van der Waals surface area contributed by atoms with Gasteiger partial charge in [0.2, 0.25) is 0 Å². The summed E-state index contributed by atoms with van der Waals surface area (Å²) in [5, 5.41) is 3.70. The zero-order valence-corrected chi connectivity index (χ0v) is 13.9. The number of anilines is 2. The Kier molecular flexibility index (Phi) is 6.37. The van der Waals surface area contributed by atoms with E-state index in [9.17, 15) is 0 Å². The molecule has 0 spiro atoms. The van der Waals surface area contributed by atoms with Crippen LogP contribution in [0.5, 0.6) is 0 Å². The van der Waals surface area contributed by atoms with Gasteiger partial charge in [0, 0.05) is 43.6 Å². The summed E-state index contributed by atoms with van der Waals surface area (Å²) in [4.78, 5) is 4.97. The van der Waals surface area contributed by atoms with E-state index in [1.54, 1.807) is 0 Å². The van der Waals surface area contributed by atoms with Gasteiger partial charge in [0.1, 0.15) is 0 Å². The number of rotatable bonds is 7. The molecule has 0 atom stereocenters. The molecule has 0 aromatic heterocycles. The lowest BCUT2D eigenvalue weighted by Crippen LogP contribution is -2.39. The minimum absolute atomic E-state index is 0.636. The average molecular weight is 289 g/mol. The molecule has 2 rings (SSSR count). The van der Waals surface area contributed by atoms with Crippen LogP contribution in [-0.4, -0.2) is 43.7 Å². The second-order valence-electron chi connectivity index (χ2n) is 5.98. The Morgan fingerprint density at radius 1 is 1.05 bits per heavy atom. The third-order valence-electron chi connectivity index (χ3n) is 4.49. The van der Waals surface area contributed by atoms with E-state index in [0.29, 0.717) is 6.04 Å². The number of hydrogen-bond acceptors (Lipinski definition) is 3. The van der Waals surface area contributed by atoms with Crippen LogP contribution < -0.4 is 10.2 Å². The fourth-order valence-corrected chi connectivity index (χ4v) is 3.21. The van der Waals surface area contributed by atoms with Gasteiger partial charge in [-0.05, 0) is 63.9 Å². The van der Waals surface area contributed by atoms with Crippen LogP contribution in [0.15, 0.2) is 24.3 Å². The van der Waals surface area contributed by atoms with Crippen molar-refractivity contribution in [2.75, 3.05) is 42.9 Å². The smallest absolute Gasteiger partial charge is 0.0367 e. The molecule has 1 aliphatic rings. The Balaban J connectivity index is 1.84. The van der Waals surface area contributed by atoms with Gasteiger partial charge in [0.25, 0.3) is 0 Å². The standard InChI is InChI=1S/C18H31N3/c1-4-13-20-14-11-17(12-15-20)19-16-7-9-18(10-8-16)21(5-2)6-3/h7-10,17,19H,4-6,11-15H2,1-3H3. The molecular weight excluding hydrogens is 258 g/mol.